The summed E-state index contributed by atoms with van der Waals surface area (Å²) < 4.78 is 32.2. The highest BCUT2D eigenvalue weighted by Gasteiger charge is 2.40. The van der Waals surface area contributed by atoms with Gasteiger partial charge in [-0.2, -0.15) is 0 Å². The first-order chi connectivity index (χ1) is 32.3. The van der Waals surface area contributed by atoms with Crippen LogP contribution < -0.4 is 42.9 Å². The maximum Gasteiger partial charge on any atom is 0.329 e. The number of hydrogen-bond donors (Lipinski definition) is 7. The van der Waals surface area contributed by atoms with Crippen molar-refractivity contribution in [1.82, 2.24) is 45.5 Å². The number of carbonyl (C=O) groups is 4. The van der Waals surface area contributed by atoms with E-state index < -0.39 is 24.5 Å². The van der Waals surface area contributed by atoms with Crippen LogP contribution in [0.2, 0.25) is 0 Å². The first-order valence-electron chi connectivity index (χ1n) is 23.9. The third-order valence-electron chi connectivity index (χ3n) is 14.1. The highest BCUT2D eigenvalue weighted by atomic mass is 19.3. The lowest BCUT2D eigenvalue weighted by Gasteiger charge is -2.48. The summed E-state index contributed by atoms with van der Waals surface area (Å²) in [5.41, 5.74) is 11.5. The molecular formula is C48H68F2N12O5. The number of nitrogens with one attached hydrogen (secondary N) is 6. The number of piperidine rings is 3. The Morgan fingerprint density at radius 2 is 1.69 bits per heavy atom. The predicted octanol–water partition coefficient (Wildman–Crippen LogP) is 2.52. The van der Waals surface area contributed by atoms with Gasteiger partial charge in [0.25, 0.3) is 6.43 Å². The maximum absolute atomic E-state index is 14.6. The zero-order valence-corrected chi connectivity index (χ0v) is 39.1. The summed E-state index contributed by atoms with van der Waals surface area (Å²) in [5, 5.41) is 23.8. The van der Waals surface area contributed by atoms with E-state index in [0.717, 1.165) is 74.6 Å². The quantitative estimate of drug-likeness (QED) is 0.0527. The van der Waals surface area contributed by atoms with Crippen LogP contribution >= 0.6 is 0 Å². The minimum absolute atomic E-state index is 0.00843. The number of anilines is 1. The SMILES string of the molecule is CN/C=C(\C=N)c1cc2c(cc1C(F)F)N(C(N)C1CN(C(C)=O)CCC1NC1CCN(C(=O)CCNCCNCCCc3ccc4c(c3)n(C)c(=O)n4C3CCC(=O)NC3=O)CC1)CCC2. The summed E-state index contributed by atoms with van der Waals surface area (Å²) >= 11 is 0. The smallest absolute Gasteiger partial charge is 0.329 e. The molecule has 5 heterocycles. The van der Waals surface area contributed by atoms with Crippen LogP contribution in [0.1, 0.15) is 93.0 Å². The molecule has 0 aliphatic carbocycles. The number of allylic oxidation sites excluding steroid dienone is 1. The van der Waals surface area contributed by atoms with Gasteiger partial charge in [-0.1, -0.05) is 6.07 Å². The second-order valence-corrected chi connectivity index (χ2v) is 18.4. The third-order valence-corrected chi connectivity index (χ3v) is 14.1. The minimum Gasteiger partial charge on any atom is -0.393 e. The molecule has 0 bridgehead atoms. The van der Waals surface area contributed by atoms with Gasteiger partial charge in [-0.25, -0.2) is 13.6 Å². The average molecular weight is 931 g/mol. The summed E-state index contributed by atoms with van der Waals surface area (Å²) in [6.07, 6.45) is 5.77. The highest BCUT2D eigenvalue weighted by Crippen LogP contribution is 2.39. The Hall–Kier alpha value is -5.50. The normalized spacial score (nSPS) is 21.1. The molecule has 4 aliphatic rings. The van der Waals surface area contributed by atoms with Crippen LogP contribution in [0.5, 0.6) is 0 Å². The summed E-state index contributed by atoms with van der Waals surface area (Å²) in [6, 6.07) is 8.64. The molecule has 1 aromatic heterocycles. The molecule has 3 saturated heterocycles. The third kappa shape index (κ3) is 11.4. The van der Waals surface area contributed by atoms with Gasteiger partial charge in [0.05, 0.1) is 17.2 Å². The van der Waals surface area contributed by atoms with Gasteiger partial charge in [0.2, 0.25) is 23.6 Å². The van der Waals surface area contributed by atoms with E-state index in [1.54, 1.807) is 43.9 Å². The number of likely N-dealkylation sites (tertiary alicyclic amines) is 2. The van der Waals surface area contributed by atoms with Crippen LogP contribution in [0.15, 0.2) is 41.3 Å². The van der Waals surface area contributed by atoms with Crippen molar-refractivity contribution in [2.75, 3.05) is 70.9 Å². The van der Waals surface area contributed by atoms with Gasteiger partial charge in [-0.15, -0.1) is 0 Å². The number of imide groups is 1. The summed E-state index contributed by atoms with van der Waals surface area (Å²) in [7, 11) is 3.37. The lowest BCUT2D eigenvalue weighted by Crippen LogP contribution is -2.63. The van der Waals surface area contributed by atoms with E-state index in [2.05, 4.69) is 26.6 Å². The van der Waals surface area contributed by atoms with Crippen molar-refractivity contribution < 1.29 is 28.0 Å². The molecular weight excluding hydrogens is 863 g/mol. The second kappa shape index (κ2) is 22.5. The molecule has 3 aromatic rings. The molecule has 7 rings (SSSR count). The first-order valence-corrected chi connectivity index (χ1v) is 23.9. The van der Waals surface area contributed by atoms with Gasteiger partial charge in [0, 0.05) is 133 Å². The number of alkyl halides is 2. The molecule has 17 nitrogen and oxygen atoms in total. The fraction of sp³-hybridized carbons (Fsp3) is 0.583. The second-order valence-electron chi connectivity index (χ2n) is 18.4. The fourth-order valence-corrected chi connectivity index (χ4v) is 10.4. The summed E-state index contributed by atoms with van der Waals surface area (Å²) in [5.74, 6) is -0.823. The van der Waals surface area contributed by atoms with Crippen LogP contribution in [-0.4, -0.2) is 133 Å². The number of imidazole rings is 1. The van der Waals surface area contributed by atoms with E-state index in [4.69, 9.17) is 11.1 Å². The van der Waals surface area contributed by atoms with Gasteiger partial charge < -0.3 is 47.1 Å². The van der Waals surface area contributed by atoms with Gasteiger partial charge >= 0.3 is 5.69 Å². The van der Waals surface area contributed by atoms with Crippen molar-refractivity contribution in [2.24, 2.45) is 18.7 Å². The number of benzene rings is 2. The molecule has 4 unspecified atom stereocenters. The van der Waals surface area contributed by atoms with E-state index >= 15 is 0 Å². The fourth-order valence-electron chi connectivity index (χ4n) is 10.4. The van der Waals surface area contributed by atoms with E-state index in [0.29, 0.717) is 87.3 Å². The molecule has 0 radical (unpaired) electrons. The topological polar surface area (TPSA) is 215 Å². The Balaban J connectivity index is 0.833. The number of halogens is 2. The van der Waals surface area contributed by atoms with Crippen LogP contribution in [-0.2, 0) is 39.1 Å². The van der Waals surface area contributed by atoms with Gasteiger partial charge in [-0.05, 0) is 98.9 Å². The number of nitrogens with two attached hydrogens (primary N) is 1. The molecule has 2 aromatic carbocycles. The van der Waals surface area contributed by atoms with Crippen molar-refractivity contribution in [3.63, 3.8) is 0 Å². The van der Waals surface area contributed by atoms with Crippen LogP contribution in [0, 0.1) is 11.3 Å². The van der Waals surface area contributed by atoms with E-state index in [1.807, 2.05) is 32.9 Å². The number of hydrogen-bond acceptors (Lipinski definition) is 12. The number of aromatic nitrogens is 2. The van der Waals surface area contributed by atoms with Crippen LogP contribution in [0.25, 0.3) is 16.6 Å². The average Bonchev–Trinajstić information content (AvgIpc) is 3.56. The lowest BCUT2D eigenvalue weighted by molar-refractivity contribution is -0.136. The standard InChI is InChI=1S/C48H68F2N12O5/c1-30(63)60-23-15-38(37(29-60)46(52)61-20-5-7-32-25-35(33(27-51)28-53-2)36(45(49)50)26-41(32)61)56-34-13-21-59(22-14-34)44(65)12-17-55-19-18-54-16-4-6-31-8-9-39-42(24-31)58(3)48(67)62(39)40-10-11-43(64)57-47(40)66/h8-9,24-28,34,37-38,40,45-46,51,53-56H,4-7,10-23,29,52H2,1-3H3,(H,57,64,66)/b33-28+,51-27?. The molecule has 364 valence electrons. The molecule has 3 fully saturated rings. The molecule has 0 saturated carbocycles. The van der Waals surface area contributed by atoms with Gasteiger partial charge in [0.15, 0.2) is 0 Å². The van der Waals surface area contributed by atoms with E-state index in [1.165, 1.54) is 4.57 Å². The molecule has 4 atom stereocenters. The minimum atomic E-state index is -2.74. The van der Waals surface area contributed by atoms with Gasteiger partial charge in [-0.3, -0.25) is 33.6 Å². The number of aryl methyl sites for hydroxylation is 3. The molecule has 0 spiro atoms. The Kier molecular flexibility index (Phi) is 16.6. The first kappa shape index (κ1) is 49.4. The summed E-state index contributed by atoms with van der Waals surface area (Å²) in [4.78, 5) is 68.9. The lowest BCUT2D eigenvalue weighted by atomic mass is 9.85. The largest absolute Gasteiger partial charge is 0.393 e. The van der Waals surface area contributed by atoms with Crippen LogP contribution in [0.4, 0.5) is 14.5 Å². The van der Waals surface area contributed by atoms with E-state index in [9.17, 15) is 32.8 Å². The molecule has 4 aliphatic heterocycles. The van der Waals surface area contributed by atoms with Crippen molar-refractivity contribution >= 4 is 52.1 Å². The molecule has 19 heteroatoms. The maximum atomic E-state index is 14.6. The van der Waals surface area contributed by atoms with Crippen LogP contribution in [0.3, 0.4) is 0 Å². The zero-order valence-electron chi connectivity index (χ0n) is 39.1. The highest BCUT2D eigenvalue weighted by molar-refractivity contribution is 6.09. The van der Waals surface area contributed by atoms with Gasteiger partial charge in [0.1, 0.15) is 6.04 Å². The number of rotatable bonds is 19. The molecule has 4 amide bonds. The van der Waals surface area contributed by atoms with Crippen molar-refractivity contribution in [3.8, 4) is 0 Å². The molecule has 8 N–H and O–H groups in total. The number of carbonyl (C=O) groups excluding carboxylic acids is 4. The monoisotopic (exact) mass is 931 g/mol. The number of nitrogens with zero attached hydrogens (tertiary/aromatic N) is 5. The van der Waals surface area contributed by atoms with E-state index in [-0.39, 0.29) is 53.4 Å². The summed E-state index contributed by atoms with van der Waals surface area (Å²) in [6.45, 7) is 7.39. The Morgan fingerprint density at radius 3 is 2.39 bits per heavy atom. The van der Waals surface area contributed by atoms with Crippen molar-refractivity contribution in [2.45, 2.75) is 102 Å². The Bertz CT molecular complexity index is 2380. The zero-order chi connectivity index (χ0) is 47.8. The van der Waals surface area contributed by atoms with Crippen molar-refractivity contribution in [1.29, 1.82) is 5.41 Å². The predicted molar refractivity (Wildman–Crippen MR) is 255 cm³/mol. The number of amides is 4. The van der Waals surface area contributed by atoms with Crippen molar-refractivity contribution in [3.05, 3.63) is 69.3 Å². The molecule has 67 heavy (non-hydrogen) atoms. The number of fused-ring (bicyclic) bond motifs is 2. The Labute approximate surface area is 390 Å². The Morgan fingerprint density at radius 1 is 0.940 bits per heavy atom.